The Hall–Kier alpha value is -3.35. The maximum absolute atomic E-state index is 9.20. The van der Waals surface area contributed by atoms with Crippen LogP contribution in [-0.4, -0.2) is 52.4 Å². The van der Waals surface area contributed by atoms with E-state index < -0.39 is 0 Å². The van der Waals surface area contributed by atoms with E-state index in [1.807, 2.05) is 42.5 Å². The summed E-state index contributed by atoms with van der Waals surface area (Å²) in [7, 11) is 0. The first-order chi connectivity index (χ1) is 19.1. The third-order valence-corrected chi connectivity index (χ3v) is 7.21. The SMILES string of the molecule is CCCCn1c(-c2ccc(OCCc3ccc(CO)cc3)cc2)nc2ccc(OCCCN(CC)CC)cc21. The molecule has 0 aliphatic heterocycles. The zero-order valence-electron chi connectivity index (χ0n) is 23.7. The van der Waals surface area contributed by atoms with Crippen LogP contribution in [0.2, 0.25) is 0 Å². The standard InChI is InChI=1S/C33H43N3O3/c1-4-7-21-36-32-24-30(38-22-8-20-35(5-2)6-3)17-18-31(32)34-33(36)28-13-15-29(16-14-28)39-23-19-26-9-11-27(25-37)12-10-26/h9-18,24,37H,4-8,19-23,25H2,1-3H3. The maximum atomic E-state index is 9.20. The fraction of sp³-hybridized carbons (Fsp3) is 0.424. The van der Waals surface area contributed by atoms with E-state index in [1.54, 1.807) is 0 Å². The molecule has 0 radical (unpaired) electrons. The molecule has 4 aromatic rings. The average molecular weight is 530 g/mol. The molecule has 4 rings (SSSR count). The van der Waals surface area contributed by atoms with E-state index in [1.165, 1.54) is 5.56 Å². The summed E-state index contributed by atoms with van der Waals surface area (Å²) < 4.78 is 14.5. The molecular weight excluding hydrogens is 486 g/mol. The second-order valence-corrected chi connectivity index (χ2v) is 9.92. The number of ether oxygens (including phenoxy) is 2. The molecule has 1 aromatic heterocycles. The first-order valence-electron chi connectivity index (χ1n) is 14.4. The van der Waals surface area contributed by atoms with Crippen molar-refractivity contribution in [3.8, 4) is 22.9 Å². The van der Waals surface area contributed by atoms with Gasteiger partial charge in [-0.1, -0.05) is 51.5 Å². The number of rotatable bonds is 16. The largest absolute Gasteiger partial charge is 0.493 e. The van der Waals surface area contributed by atoms with Crippen LogP contribution >= 0.6 is 0 Å². The first-order valence-corrected chi connectivity index (χ1v) is 14.4. The van der Waals surface area contributed by atoms with Gasteiger partial charge in [0.15, 0.2) is 0 Å². The molecule has 0 aliphatic rings. The third kappa shape index (κ3) is 7.84. The summed E-state index contributed by atoms with van der Waals surface area (Å²) in [5.74, 6) is 2.73. The van der Waals surface area contributed by atoms with E-state index in [9.17, 15) is 5.11 Å². The van der Waals surface area contributed by atoms with Crippen LogP contribution in [0.1, 0.15) is 51.2 Å². The number of fused-ring (bicyclic) bond motifs is 1. The van der Waals surface area contributed by atoms with Crippen molar-refractivity contribution in [3.05, 3.63) is 77.9 Å². The summed E-state index contributed by atoms with van der Waals surface area (Å²) in [6.07, 6.45) is 4.05. The minimum absolute atomic E-state index is 0.0710. The van der Waals surface area contributed by atoms with Gasteiger partial charge in [-0.3, -0.25) is 0 Å². The zero-order valence-corrected chi connectivity index (χ0v) is 23.7. The van der Waals surface area contributed by atoms with Crippen molar-refractivity contribution in [2.75, 3.05) is 32.8 Å². The molecule has 0 spiro atoms. The highest BCUT2D eigenvalue weighted by molar-refractivity contribution is 5.82. The van der Waals surface area contributed by atoms with Gasteiger partial charge in [-0.15, -0.1) is 0 Å². The summed E-state index contributed by atoms with van der Waals surface area (Å²) in [5.41, 5.74) is 5.31. The van der Waals surface area contributed by atoms with E-state index >= 15 is 0 Å². The number of aliphatic hydroxyl groups excluding tert-OH is 1. The number of hydrogen-bond acceptors (Lipinski definition) is 5. The Morgan fingerprint density at radius 3 is 2.18 bits per heavy atom. The number of benzene rings is 3. The molecule has 0 fully saturated rings. The van der Waals surface area contributed by atoms with Crippen LogP contribution in [0, 0.1) is 0 Å². The van der Waals surface area contributed by atoms with Gasteiger partial charge in [0, 0.05) is 31.1 Å². The molecule has 3 aromatic carbocycles. The number of aryl methyl sites for hydroxylation is 1. The molecule has 0 bridgehead atoms. The fourth-order valence-electron chi connectivity index (χ4n) is 4.77. The molecule has 6 nitrogen and oxygen atoms in total. The lowest BCUT2D eigenvalue weighted by atomic mass is 10.1. The van der Waals surface area contributed by atoms with Gasteiger partial charge in [-0.25, -0.2) is 4.98 Å². The molecule has 0 saturated carbocycles. The quantitative estimate of drug-likeness (QED) is 0.163. The molecule has 0 saturated heterocycles. The molecule has 0 atom stereocenters. The van der Waals surface area contributed by atoms with Crippen molar-refractivity contribution < 1.29 is 14.6 Å². The van der Waals surface area contributed by atoms with Crippen molar-refractivity contribution in [1.29, 1.82) is 0 Å². The summed E-state index contributed by atoms with van der Waals surface area (Å²) in [5, 5.41) is 9.20. The lowest BCUT2D eigenvalue weighted by Gasteiger charge is -2.17. The van der Waals surface area contributed by atoms with Crippen LogP contribution in [0.4, 0.5) is 0 Å². The number of nitrogens with zero attached hydrogens (tertiary/aromatic N) is 3. The normalized spacial score (nSPS) is 11.4. The highest BCUT2D eigenvalue weighted by Crippen LogP contribution is 2.29. The maximum Gasteiger partial charge on any atom is 0.141 e. The topological polar surface area (TPSA) is 59.8 Å². The Kier molecular flexibility index (Phi) is 10.8. The third-order valence-electron chi connectivity index (χ3n) is 7.21. The Labute approximate surface area is 233 Å². The minimum atomic E-state index is 0.0710. The molecule has 0 aliphatic carbocycles. The number of unbranched alkanes of at least 4 members (excludes halogenated alkanes) is 1. The summed E-state index contributed by atoms with van der Waals surface area (Å²) in [6.45, 7) is 12.1. The fourth-order valence-corrected chi connectivity index (χ4v) is 4.77. The summed E-state index contributed by atoms with van der Waals surface area (Å²) in [4.78, 5) is 7.43. The number of hydrogen-bond donors (Lipinski definition) is 1. The van der Waals surface area contributed by atoms with Gasteiger partial charge in [0.2, 0.25) is 0 Å². The lowest BCUT2D eigenvalue weighted by molar-refractivity contribution is 0.249. The zero-order chi connectivity index (χ0) is 27.5. The van der Waals surface area contributed by atoms with Crippen molar-refractivity contribution in [2.45, 2.75) is 59.6 Å². The predicted octanol–water partition coefficient (Wildman–Crippen LogP) is 6.73. The Balaban J connectivity index is 1.43. The number of imidazole rings is 1. The Morgan fingerprint density at radius 1 is 0.795 bits per heavy atom. The van der Waals surface area contributed by atoms with Crippen molar-refractivity contribution >= 4 is 11.0 Å². The second kappa shape index (κ2) is 14.7. The van der Waals surface area contributed by atoms with Crippen molar-refractivity contribution in [3.63, 3.8) is 0 Å². The van der Waals surface area contributed by atoms with Gasteiger partial charge in [0.25, 0.3) is 0 Å². The van der Waals surface area contributed by atoms with Gasteiger partial charge in [-0.2, -0.15) is 0 Å². The molecule has 208 valence electrons. The van der Waals surface area contributed by atoms with E-state index in [-0.39, 0.29) is 6.61 Å². The lowest BCUT2D eigenvalue weighted by Crippen LogP contribution is -2.25. The van der Waals surface area contributed by atoms with E-state index in [0.29, 0.717) is 13.2 Å². The van der Waals surface area contributed by atoms with Crippen molar-refractivity contribution in [2.24, 2.45) is 0 Å². The molecule has 39 heavy (non-hydrogen) atoms. The van der Waals surface area contributed by atoms with Crippen LogP contribution in [-0.2, 0) is 19.6 Å². The smallest absolute Gasteiger partial charge is 0.141 e. The molecule has 0 amide bonds. The average Bonchev–Trinajstić information content (AvgIpc) is 3.34. The second-order valence-electron chi connectivity index (χ2n) is 9.92. The molecular formula is C33H43N3O3. The van der Waals surface area contributed by atoms with Crippen LogP contribution in [0.15, 0.2) is 66.7 Å². The van der Waals surface area contributed by atoms with Crippen LogP contribution < -0.4 is 9.47 Å². The van der Waals surface area contributed by atoms with E-state index in [0.717, 1.165) is 91.3 Å². The molecule has 1 heterocycles. The first kappa shape index (κ1) is 28.7. The highest BCUT2D eigenvalue weighted by atomic mass is 16.5. The van der Waals surface area contributed by atoms with Crippen LogP contribution in [0.3, 0.4) is 0 Å². The summed E-state index contributed by atoms with van der Waals surface area (Å²) >= 11 is 0. The molecule has 0 unspecified atom stereocenters. The van der Waals surface area contributed by atoms with Crippen molar-refractivity contribution in [1.82, 2.24) is 14.5 Å². The minimum Gasteiger partial charge on any atom is -0.493 e. The molecule has 1 N–H and O–H groups in total. The van der Waals surface area contributed by atoms with Gasteiger partial charge < -0.3 is 24.0 Å². The van der Waals surface area contributed by atoms with E-state index in [2.05, 4.69) is 54.5 Å². The summed E-state index contributed by atoms with van der Waals surface area (Å²) in [6, 6.07) is 22.5. The monoisotopic (exact) mass is 529 g/mol. The van der Waals surface area contributed by atoms with Gasteiger partial charge in [0.1, 0.15) is 17.3 Å². The van der Waals surface area contributed by atoms with E-state index in [4.69, 9.17) is 14.5 Å². The molecule has 6 heteroatoms. The van der Waals surface area contributed by atoms with Gasteiger partial charge in [0.05, 0.1) is 30.9 Å². The highest BCUT2D eigenvalue weighted by Gasteiger charge is 2.14. The van der Waals surface area contributed by atoms with Crippen LogP contribution in [0.25, 0.3) is 22.4 Å². The van der Waals surface area contributed by atoms with Gasteiger partial charge >= 0.3 is 0 Å². The predicted molar refractivity (Wildman–Crippen MR) is 160 cm³/mol. The Morgan fingerprint density at radius 2 is 1.49 bits per heavy atom. The number of aliphatic hydroxyl groups is 1. The number of aromatic nitrogens is 2. The van der Waals surface area contributed by atoms with Gasteiger partial charge in [-0.05, 0) is 73.5 Å². The van der Waals surface area contributed by atoms with Crippen LogP contribution in [0.5, 0.6) is 11.5 Å². The Bertz CT molecular complexity index is 1280.